The highest BCUT2D eigenvalue weighted by atomic mass is 79.9. The summed E-state index contributed by atoms with van der Waals surface area (Å²) < 4.78 is 7.83. The molecule has 0 atom stereocenters. The third-order valence-corrected chi connectivity index (χ3v) is 4.04. The largest absolute Gasteiger partial charge is 0.456 e. The predicted molar refractivity (Wildman–Crippen MR) is 94.9 cm³/mol. The summed E-state index contributed by atoms with van der Waals surface area (Å²) in [6.07, 6.45) is 0. The van der Waals surface area contributed by atoms with Crippen LogP contribution in [0.3, 0.4) is 0 Å². The van der Waals surface area contributed by atoms with Crippen molar-refractivity contribution in [2.75, 3.05) is 6.54 Å². The Hall–Kier alpha value is -0.840. The molecule has 0 aliphatic heterocycles. The van der Waals surface area contributed by atoms with Gasteiger partial charge in [-0.3, -0.25) is 0 Å². The molecule has 0 unspecified atom stereocenters. The lowest BCUT2D eigenvalue weighted by molar-refractivity contribution is 0.479. The van der Waals surface area contributed by atoms with Gasteiger partial charge in [-0.25, -0.2) is 0 Å². The number of hydrogen-bond acceptors (Lipinski definition) is 2. The van der Waals surface area contributed by atoms with Crippen LogP contribution in [0.25, 0.3) is 0 Å². The number of ether oxygens (including phenoxy) is 1. The van der Waals surface area contributed by atoms with E-state index in [0.717, 1.165) is 33.5 Å². The van der Waals surface area contributed by atoms with E-state index in [1.54, 1.807) is 0 Å². The summed E-state index contributed by atoms with van der Waals surface area (Å²) in [5, 5.41) is 3.43. The summed E-state index contributed by atoms with van der Waals surface area (Å²) in [5.74, 6) is 2.32. The van der Waals surface area contributed by atoms with Gasteiger partial charge < -0.3 is 10.1 Å². The van der Waals surface area contributed by atoms with Gasteiger partial charge in [-0.15, -0.1) is 0 Å². The van der Waals surface area contributed by atoms with E-state index in [9.17, 15) is 0 Å². The fourth-order valence-corrected chi connectivity index (χ4v) is 2.99. The summed E-state index contributed by atoms with van der Waals surface area (Å²) in [5.41, 5.74) is 1.26. The molecule has 2 nitrogen and oxygen atoms in total. The van der Waals surface area contributed by atoms with Gasteiger partial charge in [0.15, 0.2) is 0 Å². The highest BCUT2D eigenvalue weighted by molar-refractivity contribution is 9.11. The van der Waals surface area contributed by atoms with Crippen LogP contribution in [0.15, 0.2) is 51.4 Å². The van der Waals surface area contributed by atoms with E-state index in [1.807, 2.05) is 30.3 Å². The maximum absolute atomic E-state index is 5.87. The lowest BCUT2D eigenvalue weighted by Gasteiger charge is -2.10. The first-order valence-corrected chi connectivity index (χ1v) is 8.56. The third-order valence-electron chi connectivity index (χ3n) is 2.93. The highest BCUT2D eigenvalue weighted by Crippen LogP contribution is 2.32. The van der Waals surface area contributed by atoms with Crippen molar-refractivity contribution >= 4 is 31.9 Å². The Balaban J connectivity index is 1.95. The molecule has 112 valence electrons. The standard InChI is InChI=1S/C17H19Br2NO/c1-12(2)10-20-11-13-3-6-15(7-4-13)21-17-8-5-14(18)9-16(17)19/h3-9,12,20H,10-11H2,1-2H3. The molecule has 0 saturated heterocycles. The quantitative estimate of drug-likeness (QED) is 0.652. The van der Waals surface area contributed by atoms with Crippen LogP contribution >= 0.6 is 31.9 Å². The van der Waals surface area contributed by atoms with Crippen LogP contribution in [-0.2, 0) is 6.54 Å². The van der Waals surface area contributed by atoms with Crippen LogP contribution in [-0.4, -0.2) is 6.54 Å². The first-order chi connectivity index (χ1) is 10.0. The monoisotopic (exact) mass is 411 g/mol. The molecule has 0 heterocycles. The van der Waals surface area contributed by atoms with Crippen LogP contribution in [0, 0.1) is 5.92 Å². The summed E-state index contributed by atoms with van der Waals surface area (Å²) in [6, 6.07) is 14.1. The first kappa shape index (κ1) is 16.5. The van der Waals surface area contributed by atoms with E-state index in [1.165, 1.54) is 5.56 Å². The fraction of sp³-hybridized carbons (Fsp3) is 0.294. The highest BCUT2D eigenvalue weighted by Gasteiger charge is 2.03. The van der Waals surface area contributed by atoms with Gasteiger partial charge in [0.2, 0.25) is 0 Å². The second-order valence-electron chi connectivity index (χ2n) is 5.35. The van der Waals surface area contributed by atoms with Crippen LogP contribution < -0.4 is 10.1 Å². The van der Waals surface area contributed by atoms with Gasteiger partial charge in [-0.1, -0.05) is 41.9 Å². The van der Waals surface area contributed by atoms with Crippen molar-refractivity contribution < 1.29 is 4.74 Å². The van der Waals surface area contributed by atoms with Gasteiger partial charge in [0.1, 0.15) is 11.5 Å². The molecule has 2 aromatic carbocycles. The molecule has 4 heteroatoms. The van der Waals surface area contributed by atoms with Crippen molar-refractivity contribution in [3.05, 3.63) is 57.0 Å². The molecular weight excluding hydrogens is 394 g/mol. The SMILES string of the molecule is CC(C)CNCc1ccc(Oc2ccc(Br)cc2Br)cc1. The minimum atomic E-state index is 0.669. The first-order valence-electron chi connectivity index (χ1n) is 6.97. The van der Waals surface area contributed by atoms with Gasteiger partial charge >= 0.3 is 0 Å². The number of rotatable bonds is 6. The zero-order chi connectivity index (χ0) is 15.2. The minimum absolute atomic E-state index is 0.669. The Kier molecular flexibility index (Phi) is 6.27. The number of benzene rings is 2. The van der Waals surface area contributed by atoms with Gasteiger partial charge in [0.05, 0.1) is 4.47 Å². The van der Waals surface area contributed by atoms with Crippen molar-refractivity contribution in [1.29, 1.82) is 0 Å². The van der Waals surface area contributed by atoms with Crippen molar-refractivity contribution in [2.24, 2.45) is 5.92 Å². The smallest absolute Gasteiger partial charge is 0.141 e. The molecule has 0 aromatic heterocycles. The Morgan fingerprint density at radius 1 is 1.05 bits per heavy atom. The molecule has 0 aliphatic rings. The van der Waals surface area contributed by atoms with E-state index in [0.29, 0.717) is 5.92 Å². The maximum atomic E-state index is 5.87. The van der Waals surface area contributed by atoms with Crippen molar-refractivity contribution in [3.8, 4) is 11.5 Å². The average Bonchev–Trinajstić information content (AvgIpc) is 2.43. The second kappa shape index (κ2) is 7.97. The minimum Gasteiger partial charge on any atom is -0.456 e. The Bertz CT molecular complexity index is 582. The third kappa shape index (κ3) is 5.46. The van der Waals surface area contributed by atoms with Crippen LogP contribution in [0.4, 0.5) is 0 Å². The molecule has 0 fully saturated rings. The molecule has 21 heavy (non-hydrogen) atoms. The number of nitrogens with one attached hydrogen (secondary N) is 1. The summed E-state index contributed by atoms with van der Waals surface area (Å²) in [6.45, 7) is 6.34. The zero-order valence-electron chi connectivity index (χ0n) is 12.2. The molecule has 0 radical (unpaired) electrons. The normalized spacial score (nSPS) is 10.9. The van der Waals surface area contributed by atoms with Crippen LogP contribution in [0.5, 0.6) is 11.5 Å². The zero-order valence-corrected chi connectivity index (χ0v) is 15.4. The molecule has 2 aromatic rings. The molecule has 1 N–H and O–H groups in total. The van der Waals surface area contributed by atoms with Gasteiger partial charge in [0.25, 0.3) is 0 Å². The van der Waals surface area contributed by atoms with Crippen molar-refractivity contribution in [3.63, 3.8) is 0 Å². The molecule has 0 aliphatic carbocycles. The van der Waals surface area contributed by atoms with Crippen molar-refractivity contribution in [2.45, 2.75) is 20.4 Å². The fourth-order valence-electron chi connectivity index (χ4n) is 1.87. The molecule has 2 rings (SSSR count). The summed E-state index contributed by atoms with van der Waals surface area (Å²) in [7, 11) is 0. The lowest BCUT2D eigenvalue weighted by atomic mass is 10.2. The van der Waals surface area contributed by atoms with E-state index >= 15 is 0 Å². The van der Waals surface area contributed by atoms with Crippen molar-refractivity contribution in [1.82, 2.24) is 5.32 Å². The molecule has 0 amide bonds. The van der Waals surface area contributed by atoms with Gasteiger partial charge in [-0.05, 0) is 64.3 Å². The molecule has 0 saturated carbocycles. The van der Waals surface area contributed by atoms with E-state index in [-0.39, 0.29) is 0 Å². The van der Waals surface area contributed by atoms with E-state index in [2.05, 4.69) is 63.2 Å². The van der Waals surface area contributed by atoms with E-state index < -0.39 is 0 Å². The van der Waals surface area contributed by atoms with E-state index in [4.69, 9.17) is 4.74 Å². The lowest BCUT2D eigenvalue weighted by Crippen LogP contribution is -2.18. The maximum Gasteiger partial charge on any atom is 0.141 e. The molecular formula is C17H19Br2NO. The Labute approximate surface area is 143 Å². The predicted octanol–water partition coefficient (Wildman–Crippen LogP) is 5.75. The molecule has 0 bridgehead atoms. The Morgan fingerprint density at radius 3 is 2.38 bits per heavy atom. The van der Waals surface area contributed by atoms with Crippen LogP contribution in [0.1, 0.15) is 19.4 Å². The molecule has 0 spiro atoms. The van der Waals surface area contributed by atoms with Gasteiger partial charge in [0, 0.05) is 11.0 Å². The van der Waals surface area contributed by atoms with Crippen LogP contribution in [0.2, 0.25) is 0 Å². The number of hydrogen-bond donors (Lipinski definition) is 1. The van der Waals surface area contributed by atoms with Gasteiger partial charge in [-0.2, -0.15) is 0 Å². The second-order valence-corrected chi connectivity index (χ2v) is 7.12. The summed E-state index contributed by atoms with van der Waals surface area (Å²) in [4.78, 5) is 0. The summed E-state index contributed by atoms with van der Waals surface area (Å²) >= 11 is 6.93. The average molecular weight is 413 g/mol. The Morgan fingerprint density at radius 2 is 1.76 bits per heavy atom. The topological polar surface area (TPSA) is 21.3 Å². The number of halogens is 2.